The van der Waals surface area contributed by atoms with E-state index < -0.39 is 0 Å². The van der Waals surface area contributed by atoms with Gasteiger partial charge in [-0.05, 0) is 43.2 Å². The fourth-order valence-corrected chi connectivity index (χ4v) is 3.25. The molecule has 1 aliphatic heterocycles. The summed E-state index contributed by atoms with van der Waals surface area (Å²) in [6, 6.07) is 8.57. The lowest BCUT2D eigenvalue weighted by Crippen LogP contribution is -2.35. The van der Waals surface area contributed by atoms with Gasteiger partial charge in [-0.15, -0.1) is 0 Å². The molecule has 1 aromatic rings. The van der Waals surface area contributed by atoms with Crippen LogP contribution in [0.2, 0.25) is 0 Å². The molecule has 21 heavy (non-hydrogen) atoms. The standard InChI is InChI=1S/C17H26N2OS/c1-4-17(2,13-18-21-3)14-8-10-15(11-9-14)19-12-6-5-7-16(19)20/h8-11,18H,4-7,12-13H2,1-3H3. The number of benzene rings is 1. The molecule has 116 valence electrons. The molecule has 2 rings (SSSR count). The topological polar surface area (TPSA) is 32.3 Å². The minimum absolute atomic E-state index is 0.132. The van der Waals surface area contributed by atoms with Gasteiger partial charge in [0, 0.05) is 30.6 Å². The Morgan fingerprint density at radius 2 is 2.00 bits per heavy atom. The molecule has 0 radical (unpaired) electrons. The smallest absolute Gasteiger partial charge is 0.226 e. The summed E-state index contributed by atoms with van der Waals surface area (Å²) < 4.78 is 3.38. The van der Waals surface area contributed by atoms with Gasteiger partial charge in [-0.25, -0.2) is 0 Å². The lowest BCUT2D eigenvalue weighted by atomic mass is 9.80. The highest BCUT2D eigenvalue weighted by Crippen LogP contribution is 2.30. The molecule has 1 aromatic carbocycles. The Morgan fingerprint density at radius 3 is 2.57 bits per heavy atom. The second kappa shape index (κ2) is 7.32. The molecule has 1 N–H and O–H groups in total. The number of carbonyl (C=O) groups is 1. The van der Waals surface area contributed by atoms with Gasteiger partial charge in [0.1, 0.15) is 0 Å². The van der Waals surface area contributed by atoms with Crippen molar-refractivity contribution in [3.8, 4) is 0 Å². The summed E-state index contributed by atoms with van der Waals surface area (Å²) >= 11 is 1.66. The van der Waals surface area contributed by atoms with Crippen molar-refractivity contribution in [2.24, 2.45) is 0 Å². The van der Waals surface area contributed by atoms with Crippen molar-refractivity contribution in [1.82, 2.24) is 4.72 Å². The van der Waals surface area contributed by atoms with E-state index in [2.05, 4.69) is 49.1 Å². The van der Waals surface area contributed by atoms with Crippen LogP contribution in [-0.2, 0) is 10.2 Å². The first kappa shape index (κ1) is 16.4. The summed E-state index contributed by atoms with van der Waals surface area (Å²) in [4.78, 5) is 13.9. The second-order valence-corrected chi connectivity index (χ2v) is 6.69. The maximum absolute atomic E-state index is 12.0. The van der Waals surface area contributed by atoms with Crippen LogP contribution in [0.15, 0.2) is 24.3 Å². The quantitative estimate of drug-likeness (QED) is 0.813. The number of carbonyl (C=O) groups excluding carboxylic acids is 1. The number of amides is 1. The van der Waals surface area contributed by atoms with Crippen molar-refractivity contribution in [1.29, 1.82) is 0 Å². The lowest BCUT2D eigenvalue weighted by molar-refractivity contribution is -0.119. The largest absolute Gasteiger partial charge is 0.312 e. The average molecular weight is 306 g/mol. The highest BCUT2D eigenvalue weighted by molar-refractivity contribution is 7.96. The fourth-order valence-electron chi connectivity index (χ4n) is 2.79. The number of hydrogen-bond acceptors (Lipinski definition) is 3. The average Bonchev–Trinajstić information content (AvgIpc) is 2.53. The molecule has 0 aliphatic carbocycles. The molecule has 1 aliphatic rings. The van der Waals surface area contributed by atoms with Crippen molar-refractivity contribution in [2.75, 3.05) is 24.2 Å². The first-order chi connectivity index (χ1) is 10.1. The van der Waals surface area contributed by atoms with E-state index in [9.17, 15) is 4.79 Å². The summed E-state index contributed by atoms with van der Waals surface area (Å²) in [5.74, 6) is 0.260. The first-order valence-electron chi connectivity index (χ1n) is 7.77. The van der Waals surface area contributed by atoms with Crippen LogP contribution < -0.4 is 9.62 Å². The van der Waals surface area contributed by atoms with Crippen LogP contribution in [0, 0.1) is 0 Å². The zero-order chi connectivity index (χ0) is 15.3. The van der Waals surface area contributed by atoms with E-state index in [-0.39, 0.29) is 11.3 Å². The van der Waals surface area contributed by atoms with Gasteiger partial charge < -0.3 is 4.90 Å². The molecule has 0 spiro atoms. The Morgan fingerprint density at radius 1 is 1.29 bits per heavy atom. The monoisotopic (exact) mass is 306 g/mol. The Bertz CT molecular complexity index is 474. The van der Waals surface area contributed by atoms with Gasteiger partial charge in [0.2, 0.25) is 5.91 Å². The first-order valence-corrected chi connectivity index (χ1v) is 9.00. The number of nitrogens with zero attached hydrogens (tertiary/aromatic N) is 1. The van der Waals surface area contributed by atoms with E-state index in [1.54, 1.807) is 11.9 Å². The molecule has 1 atom stereocenters. The number of piperidine rings is 1. The van der Waals surface area contributed by atoms with Crippen LogP contribution in [-0.4, -0.2) is 25.3 Å². The molecule has 1 heterocycles. The Kier molecular flexibility index (Phi) is 5.71. The molecule has 0 saturated carbocycles. The van der Waals surface area contributed by atoms with E-state index in [0.717, 1.165) is 38.0 Å². The maximum Gasteiger partial charge on any atom is 0.226 e. The fraction of sp³-hybridized carbons (Fsp3) is 0.588. The van der Waals surface area contributed by atoms with Gasteiger partial charge in [-0.1, -0.05) is 37.9 Å². The lowest BCUT2D eigenvalue weighted by Gasteiger charge is -2.31. The van der Waals surface area contributed by atoms with Crippen LogP contribution in [0.5, 0.6) is 0 Å². The summed E-state index contributed by atoms with van der Waals surface area (Å²) in [6.07, 6.45) is 5.97. The van der Waals surface area contributed by atoms with Crippen molar-refractivity contribution >= 4 is 23.5 Å². The van der Waals surface area contributed by atoms with Gasteiger partial charge in [-0.3, -0.25) is 9.52 Å². The van der Waals surface area contributed by atoms with E-state index in [1.165, 1.54) is 5.56 Å². The molecule has 1 amide bonds. The molecule has 0 aromatic heterocycles. The molecule has 1 fully saturated rings. The molecule has 1 saturated heterocycles. The van der Waals surface area contributed by atoms with Crippen molar-refractivity contribution in [3.63, 3.8) is 0 Å². The predicted octanol–water partition coefficient (Wildman–Crippen LogP) is 3.74. The molecule has 3 nitrogen and oxygen atoms in total. The highest BCUT2D eigenvalue weighted by Gasteiger charge is 2.25. The van der Waals surface area contributed by atoms with Crippen molar-refractivity contribution in [3.05, 3.63) is 29.8 Å². The normalized spacial score (nSPS) is 18.6. The third-order valence-corrected chi connectivity index (χ3v) is 5.02. The van der Waals surface area contributed by atoms with E-state index in [1.807, 2.05) is 4.90 Å². The zero-order valence-corrected chi connectivity index (χ0v) is 14.1. The third-order valence-electron chi connectivity index (χ3n) is 4.59. The zero-order valence-electron chi connectivity index (χ0n) is 13.3. The highest BCUT2D eigenvalue weighted by atomic mass is 32.2. The van der Waals surface area contributed by atoms with Gasteiger partial charge >= 0.3 is 0 Å². The van der Waals surface area contributed by atoms with Crippen molar-refractivity contribution < 1.29 is 4.79 Å². The van der Waals surface area contributed by atoms with E-state index in [4.69, 9.17) is 0 Å². The number of anilines is 1. The Balaban J connectivity index is 2.15. The van der Waals surface area contributed by atoms with Gasteiger partial charge in [0.25, 0.3) is 0 Å². The predicted molar refractivity (Wildman–Crippen MR) is 91.8 cm³/mol. The van der Waals surface area contributed by atoms with Crippen LogP contribution in [0.3, 0.4) is 0 Å². The summed E-state index contributed by atoms with van der Waals surface area (Å²) in [5, 5.41) is 0. The minimum atomic E-state index is 0.132. The number of nitrogens with one attached hydrogen (secondary N) is 1. The van der Waals surface area contributed by atoms with Crippen LogP contribution in [0.1, 0.15) is 45.1 Å². The van der Waals surface area contributed by atoms with Crippen LogP contribution >= 0.6 is 11.9 Å². The Hall–Kier alpha value is -1.00. The SMILES string of the molecule is CCC(C)(CNSC)c1ccc(N2CCCCC2=O)cc1. The second-order valence-electron chi connectivity index (χ2n) is 5.99. The number of rotatable bonds is 6. The van der Waals surface area contributed by atoms with Crippen LogP contribution in [0.25, 0.3) is 0 Å². The molecule has 1 unspecified atom stereocenters. The van der Waals surface area contributed by atoms with Gasteiger partial charge in [-0.2, -0.15) is 0 Å². The molecular formula is C17H26N2OS. The van der Waals surface area contributed by atoms with E-state index in [0.29, 0.717) is 6.42 Å². The molecular weight excluding hydrogens is 280 g/mol. The van der Waals surface area contributed by atoms with E-state index >= 15 is 0 Å². The molecule has 0 bridgehead atoms. The Labute approximate surface area is 132 Å². The third kappa shape index (κ3) is 3.80. The van der Waals surface area contributed by atoms with Crippen molar-refractivity contribution in [2.45, 2.75) is 44.9 Å². The van der Waals surface area contributed by atoms with Gasteiger partial charge in [0.05, 0.1) is 0 Å². The molecule has 4 heteroatoms. The number of hydrogen-bond donors (Lipinski definition) is 1. The van der Waals surface area contributed by atoms with Crippen LogP contribution in [0.4, 0.5) is 5.69 Å². The minimum Gasteiger partial charge on any atom is -0.312 e. The maximum atomic E-state index is 12.0. The summed E-state index contributed by atoms with van der Waals surface area (Å²) in [7, 11) is 0. The summed E-state index contributed by atoms with van der Waals surface area (Å²) in [5.41, 5.74) is 2.51. The summed E-state index contributed by atoms with van der Waals surface area (Å²) in [6.45, 7) is 6.32. The van der Waals surface area contributed by atoms with Gasteiger partial charge in [0.15, 0.2) is 0 Å².